The molecule has 3 nitrogen and oxygen atoms in total. The lowest BCUT2D eigenvalue weighted by atomic mass is 9.75. The van der Waals surface area contributed by atoms with Crippen molar-refractivity contribution in [1.29, 1.82) is 0 Å². The minimum absolute atomic E-state index is 0.0278. The summed E-state index contributed by atoms with van der Waals surface area (Å²) in [6.07, 6.45) is 6.33. The Balaban J connectivity index is 2.21. The lowest BCUT2D eigenvalue weighted by molar-refractivity contribution is 0.0910. The number of aryl methyl sites for hydroxylation is 1. The number of carbonyl (C=O) groups excluding carboxylic acids is 1. The van der Waals surface area contributed by atoms with Crippen LogP contribution in [-0.4, -0.2) is 15.3 Å². The molecular weight excluding hydrogens is 248 g/mol. The summed E-state index contributed by atoms with van der Waals surface area (Å²) in [5.74, 6) is 1.18. The van der Waals surface area contributed by atoms with Gasteiger partial charge in [0.15, 0.2) is 5.78 Å². The Bertz CT molecular complexity index is 653. The Labute approximate surface area is 119 Å². The number of pyridine rings is 1. The van der Waals surface area contributed by atoms with Gasteiger partial charge >= 0.3 is 0 Å². The second-order valence-corrected chi connectivity index (χ2v) is 6.33. The van der Waals surface area contributed by atoms with Crippen LogP contribution in [0, 0.1) is 5.41 Å². The Kier molecular flexibility index (Phi) is 3.00. The van der Waals surface area contributed by atoms with Gasteiger partial charge in [0.1, 0.15) is 5.82 Å². The van der Waals surface area contributed by atoms with Crippen LogP contribution in [0.2, 0.25) is 0 Å². The third-order valence-electron chi connectivity index (χ3n) is 4.03. The van der Waals surface area contributed by atoms with Crippen molar-refractivity contribution in [3.05, 3.63) is 47.4 Å². The van der Waals surface area contributed by atoms with E-state index in [1.165, 1.54) is 0 Å². The number of nitrogens with zero attached hydrogens (tertiary/aromatic N) is 2. The summed E-state index contributed by atoms with van der Waals surface area (Å²) in [5, 5.41) is 0. The molecule has 2 aromatic heterocycles. The highest BCUT2D eigenvalue weighted by Gasteiger charge is 2.35. The van der Waals surface area contributed by atoms with Gasteiger partial charge in [-0.2, -0.15) is 0 Å². The maximum Gasteiger partial charge on any atom is 0.165 e. The first-order valence-electron chi connectivity index (χ1n) is 7.19. The molecule has 3 rings (SSSR count). The van der Waals surface area contributed by atoms with Crippen LogP contribution in [0.5, 0.6) is 0 Å². The molecule has 0 saturated heterocycles. The summed E-state index contributed by atoms with van der Waals surface area (Å²) in [4.78, 5) is 16.9. The first kappa shape index (κ1) is 13.1. The van der Waals surface area contributed by atoms with Gasteiger partial charge in [0.25, 0.3) is 0 Å². The number of ketones is 1. The van der Waals surface area contributed by atoms with Crippen LogP contribution in [-0.2, 0) is 12.8 Å². The topological polar surface area (TPSA) is 34.9 Å². The van der Waals surface area contributed by atoms with Crippen molar-refractivity contribution in [3.8, 4) is 5.82 Å². The molecule has 1 aliphatic rings. The molecule has 0 saturated carbocycles. The minimum atomic E-state index is 0.0278. The smallest absolute Gasteiger partial charge is 0.165 e. The summed E-state index contributed by atoms with van der Waals surface area (Å²) < 4.78 is 2.10. The standard InChI is InChI=1S/C17H20N2O/c1-4-12-11-19(15-7-5-6-8-18-15)13-9-17(2,3)10-14(20)16(12)13/h5-8,11H,4,9-10H2,1-3H3. The highest BCUT2D eigenvalue weighted by atomic mass is 16.1. The number of hydrogen-bond acceptors (Lipinski definition) is 2. The molecule has 0 aromatic carbocycles. The molecule has 0 fully saturated rings. The van der Waals surface area contributed by atoms with Gasteiger partial charge in [-0.05, 0) is 36.0 Å². The summed E-state index contributed by atoms with van der Waals surface area (Å²) in [5.41, 5.74) is 3.24. The van der Waals surface area contributed by atoms with E-state index in [1.54, 1.807) is 6.20 Å². The van der Waals surface area contributed by atoms with Gasteiger partial charge in [-0.1, -0.05) is 26.8 Å². The van der Waals surface area contributed by atoms with Crippen LogP contribution in [0.3, 0.4) is 0 Å². The molecule has 0 aliphatic heterocycles. The lowest BCUT2D eigenvalue weighted by Crippen LogP contribution is -2.28. The van der Waals surface area contributed by atoms with Crippen LogP contribution >= 0.6 is 0 Å². The number of hydrogen-bond donors (Lipinski definition) is 0. The third-order valence-corrected chi connectivity index (χ3v) is 4.03. The fourth-order valence-corrected chi connectivity index (χ4v) is 3.13. The zero-order valence-corrected chi connectivity index (χ0v) is 12.3. The van der Waals surface area contributed by atoms with Crippen LogP contribution in [0.4, 0.5) is 0 Å². The van der Waals surface area contributed by atoms with E-state index in [0.717, 1.165) is 35.5 Å². The summed E-state index contributed by atoms with van der Waals surface area (Å²) in [6.45, 7) is 6.43. The van der Waals surface area contributed by atoms with E-state index in [4.69, 9.17) is 0 Å². The molecule has 0 atom stereocenters. The number of fused-ring (bicyclic) bond motifs is 1. The molecule has 0 N–H and O–H groups in total. The van der Waals surface area contributed by atoms with Crippen LogP contribution in [0.25, 0.3) is 5.82 Å². The molecule has 20 heavy (non-hydrogen) atoms. The number of rotatable bonds is 2. The molecule has 1 aliphatic carbocycles. The predicted molar refractivity (Wildman–Crippen MR) is 79.4 cm³/mol. The first-order valence-corrected chi connectivity index (χ1v) is 7.19. The summed E-state index contributed by atoms with van der Waals surface area (Å²) >= 11 is 0. The minimum Gasteiger partial charge on any atom is -0.305 e. The van der Waals surface area contributed by atoms with Gasteiger partial charge in [0.05, 0.1) is 0 Å². The maximum atomic E-state index is 12.5. The molecule has 0 amide bonds. The molecule has 0 spiro atoms. The average molecular weight is 268 g/mol. The quantitative estimate of drug-likeness (QED) is 0.834. The van der Waals surface area contributed by atoms with Crippen molar-refractivity contribution in [1.82, 2.24) is 9.55 Å². The zero-order valence-electron chi connectivity index (χ0n) is 12.3. The van der Waals surface area contributed by atoms with Crippen molar-refractivity contribution in [3.63, 3.8) is 0 Å². The van der Waals surface area contributed by atoms with E-state index < -0.39 is 0 Å². The fourth-order valence-electron chi connectivity index (χ4n) is 3.13. The van der Waals surface area contributed by atoms with Crippen molar-refractivity contribution in [2.24, 2.45) is 5.41 Å². The van der Waals surface area contributed by atoms with Gasteiger partial charge in [-0.15, -0.1) is 0 Å². The Hall–Kier alpha value is -1.90. The second kappa shape index (κ2) is 4.58. The number of aromatic nitrogens is 2. The predicted octanol–water partition coefficient (Wildman–Crippen LogP) is 3.59. The number of Topliss-reactive ketones (excluding diaryl/α,β-unsaturated/α-hetero) is 1. The maximum absolute atomic E-state index is 12.5. The molecule has 0 unspecified atom stereocenters. The van der Waals surface area contributed by atoms with E-state index in [2.05, 4.69) is 36.5 Å². The van der Waals surface area contributed by atoms with Crippen molar-refractivity contribution in [2.75, 3.05) is 0 Å². The Morgan fingerprint density at radius 2 is 2.10 bits per heavy atom. The fraction of sp³-hybridized carbons (Fsp3) is 0.412. The van der Waals surface area contributed by atoms with Crippen molar-refractivity contribution < 1.29 is 4.79 Å². The number of carbonyl (C=O) groups is 1. The van der Waals surface area contributed by atoms with Gasteiger partial charge in [0, 0.05) is 30.1 Å². The first-order chi connectivity index (χ1) is 9.52. The van der Waals surface area contributed by atoms with Crippen molar-refractivity contribution in [2.45, 2.75) is 40.0 Å². The largest absolute Gasteiger partial charge is 0.305 e. The van der Waals surface area contributed by atoms with E-state index in [1.807, 2.05) is 18.2 Å². The SMILES string of the molecule is CCc1cn(-c2ccccn2)c2c1C(=O)CC(C)(C)C2. The average Bonchev–Trinajstić information content (AvgIpc) is 2.77. The van der Waals surface area contributed by atoms with E-state index in [-0.39, 0.29) is 11.2 Å². The highest BCUT2D eigenvalue weighted by molar-refractivity contribution is 6.00. The molecule has 0 radical (unpaired) electrons. The zero-order chi connectivity index (χ0) is 14.3. The summed E-state index contributed by atoms with van der Waals surface area (Å²) in [7, 11) is 0. The summed E-state index contributed by atoms with van der Waals surface area (Å²) in [6, 6.07) is 5.89. The van der Waals surface area contributed by atoms with E-state index in [0.29, 0.717) is 6.42 Å². The second-order valence-electron chi connectivity index (χ2n) is 6.33. The monoisotopic (exact) mass is 268 g/mol. The molecule has 0 bridgehead atoms. The van der Waals surface area contributed by atoms with Gasteiger partial charge in [-0.25, -0.2) is 4.98 Å². The van der Waals surface area contributed by atoms with Gasteiger partial charge in [-0.3, -0.25) is 4.79 Å². The molecular formula is C17H20N2O. The molecule has 3 heteroatoms. The Morgan fingerprint density at radius 3 is 2.75 bits per heavy atom. The normalized spacial score (nSPS) is 17.1. The van der Waals surface area contributed by atoms with Crippen LogP contribution < -0.4 is 0 Å². The Morgan fingerprint density at radius 1 is 1.30 bits per heavy atom. The van der Waals surface area contributed by atoms with E-state index in [9.17, 15) is 4.79 Å². The van der Waals surface area contributed by atoms with E-state index >= 15 is 0 Å². The lowest BCUT2D eigenvalue weighted by Gasteiger charge is -2.29. The molecule has 2 heterocycles. The third kappa shape index (κ3) is 2.07. The van der Waals surface area contributed by atoms with Crippen molar-refractivity contribution >= 4 is 5.78 Å². The van der Waals surface area contributed by atoms with Crippen LogP contribution in [0.15, 0.2) is 30.6 Å². The van der Waals surface area contributed by atoms with Gasteiger partial charge < -0.3 is 4.57 Å². The highest BCUT2D eigenvalue weighted by Crippen LogP contribution is 2.38. The molecule has 2 aromatic rings. The van der Waals surface area contributed by atoms with Gasteiger partial charge in [0.2, 0.25) is 0 Å². The molecule has 104 valence electrons. The van der Waals surface area contributed by atoms with Crippen LogP contribution in [0.1, 0.15) is 48.8 Å².